The van der Waals surface area contributed by atoms with Crippen molar-refractivity contribution in [3.63, 3.8) is 0 Å². The molecule has 0 spiro atoms. The van der Waals surface area contributed by atoms with Crippen molar-refractivity contribution < 1.29 is 9.59 Å². The van der Waals surface area contributed by atoms with Gasteiger partial charge in [0, 0.05) is 31.0 Å². The minimum atomic E-state index is -1.15. The number of nitrogens with one attached hydrogen (secondary N) is 2. The van der Waals surface area contributed by atoms with Crippen LogP contribution in [0.4, 0.5) is 11.4 Å². The third-order valence-corrected chi connectivity index (χ3v) is 3.27. The first-order chi connectivity index (χ1) is 9.93. The van der Waals surface area contributed by atoms with E-state index in [0.717, 1.165) is 5.69 Å². The van der Waals surface area contributed by atoms with Gasteiger partial charge in [-0.05, 0) is 58.9 Å². The highest BCUT2D eigenvalue weighted by molar-refractivity contribution is 6.10. The van der Waals surface area contributed by atoms with Crippen LogP contribution in [0.15, 0.2) is 24.3 Å². The normalized spacial score (nSPS) is 11.8. The maximum atomic E-state index is 12.4. The molecule has 0 aliphatic heterocycles. The van der Waals surface area contributed by atoms with Crippen LogP contribution >= 0.6 is 0 Å². The van der Waals surface area contributed by atoms with Gasteiger partial charge < -0.3 is 15.5 Å². The first-order valence-electron chi connectivity index (χ1n) is 7.35. The van der Waals surface area contributed by atoms with Crippen molar-refractivity contribution in [2.75, 3.05) is 24.3 Å². The summed E-state index contributed by atoms with van der Waals surface area (Å²) in [5.41, 5.74) is 0.199. The zero-order valence-electron chi connectivity index (χ0n) is 14.6. The first-order valence-corrected chi connectivity index (χ1v) is 7.35. The molecule has 0 aliphatic rings. The van der Waals surface area contributed by atoms with Crippen molar-refractivity contribution in [2.24, 2.45) is 5.41 Å². The van der Waals surface area contributed by atoms with Crippen LogP contribution in [0, 0.1) is 5.41 Å². The lowest BCUT2D eigenvalue weighted by Gasteiger charge is -2.28. The highest BCUT2D eigenvalue weighted by Crippen LogP contribution is 2.22. The molecular weight excluding hydrogens is 278 g/mol. The van der Waals surface area contributed by atoms with Gasteiger partial charge in [0.05, 0.1) is 0 Å². The Morgan fingerprint density at radius 2 is 1.41 bits per heavy atom. The monoisotopic (exact) mass is 305 g/mol. The van der Waals surface area contributed by atoms with Gasteiger partial charge in [-0.25, -0.2) is 0 Å². The van der Waals surface area contributed by atoms with Crippen LogP contribution in [0.3, 0.4) is 0 Å². The molecule has 122 valence electrons. The Hall–Kier alpha value is -2.04. The molecule has 0 aliphatic carbocycles. The van der Waals surface area contributed by atoms with E-state index < -0.39 is 5.41 Å². The number of benzene rings is 1. The van der Waals surface area contributed by atoms with Crippen molar-refractivity contribution in [2.45, 2.75) is 40.2 Å². The minimum absolute atomic E-state index is 0.289. The summed E-state index contributed by atoms with van der Waals surface area (Å²) in [7, 11) is 3.90. The Labute approximate surface area is 133 Å². The van der Waals surface area contributed by atoms with Gasteiger partial charge in [-0.15, -0.1) is 0 Å². The van der Waals surface area contributed by atoms with E-state index in [4.69, 9.17) is 0 Å². The van der Waals surface area contributed by atoms with Gasteiger partial charge in [0.25, 0.3) is 0 Å². The molecule has 0 fully saturated rings. The van der Waals surface area contributed by atoms with Crippen LogP contribution in [0.5, 0.6) is 0 Å². The Bertz CT molecular complexity index is 540. The summed E-state index contributed by atoms with van der Waals surface area (Å²) in [5.74, 6) is -0.616. The van der Waals surface area contributed by atoms with Gasteiger partial charge in [0.2, 0.25) is 11.8 Å². The second kappa shape index (κ2) is 6.38. The molecule has 5 nitrogen and oxygen atoms in total. The molecule has 2 N–H and O–H groups in total. The van der Waals surface area contributed by atoms with Crippen molar-refractivity contribution in [1.29, 1.82) is 0 Å². The predicted octanol–water partition coefficient (Wildman–Crippen LogP) is 2.63. The molecule has 0 atom stereocenters. The molecule has 5 heteroatoms. The third kappa shape index (κ3) is 4.76. The summed E-state index contributed by atoms with van der Waals surface area (Å²) in [6.07, 6.45) is 0. The fourth-order valence-corrected chi connectivity index (χ4v) is 1.73. The Morgan fingerprint density at radius 3 is 1.82 bits per heavy atom. The molecule has 1 aromatic rings. The molecular formula is C17H27N3O2. The molecule has 0 bridgehead atoms. The predicted molar refractivity (Wildman–Crippen MR) is 91.1 cm³/mol. The van der Waals surface area contributed by atoms with Crippen molar-refractivity contribution in [1.82, 2.24) is 5.32 Å². The van der Waals surface area contributed by atoms with Crippen LogP contribution in [0.25, 0.3) is 0 Å². The number of rotatable bonds is 4. The number of hydrogen-bond donors (Lipinski definition) is 2. The summed E-state index contributed by atoms with van der Waals surface area (Å²) in [5, 5.41) is 5.64. The average molecular weight is 305 g/mol. The fraction of sp³-hybridized carbons (Fsp3) is 0.529. The molecule has 2 amide bonds. The largest absolute Gasteiger partial charge is 0.378 e. The minimum Gasteiger partial charge on any atom is -0.378 e. The van der Waals surface area contributed by atoms with Crippen molar-refractivity contribution in [3.8, 4) is 0 Å². The van der Waals surface area contributed by atoms with E-state index >= 15 is 0 Å². The summed E-state index contributed by atoms with van der Waals surface area (Å²) in [6.45, 7) is 8.91. The van der Waals surface area contributed by atoms with Gasteiger partial charge in [-0.2, -0.15) is 0 Å². The van der Waals surface area contributed by atoms with Crippen LogP contribution < -0.4 is 15.5 Å². The van der Waals surface area contributed by atoms with Gasteiger partial charge >= 0.3 is 0 Å². The molecule has 0 unspecified atom stereocenters. The SMILES string of the molecule is CN(C)c1ccc(NC(=O)C(C)(C)C(=O)NC(C)(C)C)cc1. The van der Waals surface area contributed by atoms with Crippen LogP contribution in [-0.2, 0) is 9.59 Å². The quantitative estimate of drug-likeness (QED) is 0.841. The number of anilines is 2. The summed E-state index contributed by atoms with van der Waals surface area (Å²) >= 11 is 0. The smallest absolute Gasteiger partial charge is 0.239 e. The van der Waals surface area contributed by atoms with Gasteiger partial charge in [-0.1, -0.05) is 0 Å². The molecule has 0 heterocycles. The van der Waals surface area contributed by atoms with E-state index in [9.17, 15) is 9.59 Å². The highest BCUT2D eigenvalue weighted by Gasteiger charge is 2.37. The highest BCUT2D eigenvalue weighted by atomic mass is 16.2. The summed E-state index contributed by atoms with van der Waals surface area (Å²) in [6, 6.07) is 7.48. The van der Waals surface area contributed by atoms with Crippen LogP contribution in [0.2, 0.25) is 0 Å². The second-order valence-corrected chi connectivity index (χ2v) is 7.22. The number of carbonyl (C=O) groups is 2. The van der Waals surface area contributed by atoms with Gasteiger partial charge in [0.15, 0.2) is 0 Å². The number of amides is 2. The van der Waals surface area contributed by atoms with Crippen LogP contribution in [-0.4, -0.2) is 31.4 Å². The van der Waals surface area contributed by atoms with Crippen molar-refractivity contribution in [3.05, 3.63) is 24.3 Å². The summed E-state index contributed by atoms with van der Waals surface area (Å²) < 4.78 is 0. The third-order valence-electron chi connectivity index (χ3n) is 3.27. The van der Waals surface area contributed by atoms with Gasteiger partial charge in [-0.3, -0.25) is 9.59 Å². The Kier molecular flexibility index (Phi) is 5.22. The van der Waals surface area contributed by atoms with E-state index in [0.29, 0.717) is 5.69 Å². The Balaban J connectivity index is 2.80. The molecule has 1 aromatic carbocycles. The number of carbonyl (C=O) groups excluding carboxylic acids is 2. The maximum Gasteiger partial charge on any atom is 0.239 e. The lowest BCUT2D eigenvalue weighted by atomic mass is 9.89. The molecule has 22 heavy (non-hydrogen) atoms. The fourth-order valence-electron chi connectivity index (χ4n) is 1.73. The van der Waals surface area contributed by atoms with Crippen LogP contribution in [0.1, 0.15) is 34.6 Å². The zero-order chi connectivity index (χ0) is 17.1. The van der Waals surface area contributed by atoms with Gasteiger partial charge in [0.1, 0.15) is 5.41 Å². The zero-order valence-corrected chi connectivity index (χ0v) is 14.6. The standard InChI is InChI=1S/C17H27N3O2/c1-16(2,3)19-15(22)17(4,5)14(21)18-12-8-10-13(11-9-12)20(6)7/h8-11H,1-7H3,(H,18,21)(H,19,22). The molecule has 0 saturated carbocycles. The lowest BCUT2D eigenvalue weighted by molar-refractivity contribution is -0.139. The van der Waals surface area contributed by atoms with E-state index in [2.05, 4.69) is 10.6 Å². The molecule has 0 aromatic heterocycles. The molecule has 1 rings (SSSR count). The van der Waals surface area contributed by atoms with E-state index in [1.807, 2.05) is 64.0 Å². The van der Waals surface area contributed by atoms with E-state index in [1.165, 1.54) is 0 Å². The lowest BCUT2D eigenvalue weighted by Crippen LogP contribution is -2.51. The molecule has 0 radical (unpaired) electrons. The summed E-state index contributed by atoms with van der Waals surface area (Å²) in [4.78, 5) is 26.7. The van der Waals surface area contributed by atoms with E-state index in [-0.39, 0.29) is 17.4 Å². The maximum absolute atomic E-state index is 12.4. The Morgan fingerprint density at radius 1 is 0.909 bits per heavy atom. The van der Waals surface area contributed by atoms with Crippen molar-refractivity contribution >= 4 is 23.2 Å². The number of nitrogens with zero attached hydrogens (tertiary/aromatic N) is 1. The second-order valence-electron chi connectivity index (χ2n) is 7.22. The molecule has 0 saturated heterocycles. The average Bonchev–Trinajstić information content (AvgIpc) is 2.37. The topological polar surface area (TPSA) is 61.4 Å². The van der Waals surface area contributed by atoms with E-state index in [1.54, 1.807) is 13.8 Å². The first kappa shape index (κ1) is 18.0. The number of hydrogen-bond acceptors (Lipinski definition) is 3.